The van der Waals surface area contributed by atoms with Crippen molar-refractivity contribution in [3.05, 3.63) is 107 Å². The molecule has 0 spiro atoms. The van der Waals surface area contributed by atoms with Crippen LogP contribution < -0.4 is 0 Å². The Hall–Kier alpha value is -3.40. The molecule has 0 atom stereocenters. The molecule has 4 heteroatoms. The topological polar surface area (TPSA) is 40.6 Å². The lowest BCUT2D eigenvalue weighted by Gasteiger charge is -2.37. The fourth-order valence-electron chi connectivity index (χ4n) is 4.06. The van der Waals surface area contributed by atoms with Crippen molar-refractivity contribution in [2.75, 3.05) is 26.2 Å². The van der Waals surface area contributed by atoms with E-state index in [9.17, 15) is 9.59 Å². The Morgan fingerprint density at radius 2 is 1.13 bits per heavy atom. The fraction of sp³-hybridized carbons (Fsp3) is 0.231. The number of hydrogen-bond acceptors (Lipinski definition) is 2. The Kier molecular flexibility index (Phi) is 5.94. The molecule has 0 unspecified atom stereocenters. The zero-order valence-electron chi connectivity index (χ0n) is 17.2. The lowest BCUT2D eigenvalue weighted by atomic mass is 9.90. The van der Waals surface area contributed by atoms with Gasteiger partial charge in [-0.3, -0.25) is 9.59 Å². The van der Waals surface area contributed by atoms with Gasteiger partial charge in [0, 0.05) is 31.7 Å². The van der Waals surface area contributed by atoms with E-state index in [1.54, 1.807) is 0 Å². The van der Waals surface area contributed by atoms with Crippen molar-refractivity contribution < 1.29 is 9.59 Å². The predicted molar refractivity (Wildman–Crippen MR) is 118 cm³/mol. The first-order chi connectivity index (χ1) is 14.6. The van der Waals surface area contributed by atoms with E-state index in [1.165, 1.54) is 0 Å². The normalized spacial score (nSPS) is 14.1. The van der Waals surface area contributed by atoms with Crippen LogP contribution in [-0.4, -0.2) is 47.8 Å². The van der Waals surface area contributed by atoms with Crippen LogP contribution in [0.3, 0.4) is 0 Å². The van der Waals surface area contributed by atoms with Crippen LogP contribution in [-0.2, 0) is 4.79 Å². The number of piperazine rings is 1. The van der Waals surface area contributed by atoms with Gasteiger partial charge in [-0.25, -0.2) is 0 Å². The standard InChI is InChI=1S/C26H26N2O2/c1-20-10-8-9-15-23(20)25(29)27-16-18-28(19-17-27)26(30)24(21-11-4-2-5-12-21)22-13-6-3-7-14-22/h2-15,24H,16-19H2,1H3. The van der Waals surface area contributed by atoms with E-state index in [0.717, 1.165) is 22.3 Å². The molecule has 0 radical (unpaired) electrons. The lowest BCUT2D eigenvalue weighted by molar-refractivity contribution is -0.133. The Labute approximate surface area is 177 Å². The maximum atomic E-state index is 13.5. The van der Waals surface area contributed by atoms with Gasteiger partial charge in [-0.1, -0.05) is 78.9 Å². The van der Waals surface area contributed by atoms with Gasteiger partial charge in [-0.15, -0.1) is 0 Å². The van der Waals surface area contributed by atoms with Crippen molar-refractivity contribution in [2.45, 2.75) is 12.8 Å². The number of nitrogens with zero attached hydrogens (tertiary/aromatic N) is 2. The van der Waals surface area contributed by atoms with Gasteiger partial charge in [-0.05, 0) is 29.7 Å². The minimum atomic E-state index is -0.328. The summed E-state index contributed by atoms with van der Waals surface area (Å²) in [7, 11) is 0. The average molecular weight is 399 g/mol. The van der Waals surface area contributed by atoms with Crippen LogP contribution in [0.4, 0.5) is 0 Å². The summed E-state index contributed by atoms with van der Waals surface area (Å²) in [5.41, 5.74) is 3.71. The third kappa shape index (κ3) is 4.13. The highest BCUT2D eigenvalue weighted by Gasteiger charge is 2.31. The summed E-state index contributed by atoms with van der Waals surface area (Å²) in [5.74, 6) is -0.190. The van der Waals surface area contributed by atoms with Crippen molar-refractivity contribution >= 4 is 11.8 Å². The van der Waals surface area contributed by atoms with Crippen molar-refractivity contribution in [3.8, 4) is 0 Å². The second kappa shape index (κ2) is 8.95. The van der Waals surface area contributed by atoms with Crippen LogP contribution in [0.15, 0.2) is 84.9 Å². The monoisotopic (exact) mass is 398 g/mol. The SMILES string of the molecule is Cc1ccccc1C(=O)N1CCN(C(=O)C(c2ccccc2)c2ccccc2)CC1. The Balaban J connectivity index is 1.50. The molecule has 1 fully saturated rings. The van der Waals surface area contributed by atoms with Crippen LogP contribution in [0.5, 0.6) is 0 Å². The first-order valence-electron chi connectivity index (χ1n) is 10.4. The Bertz CT molecular complexity index is 970. The minimum Gasteiger partial charge on any atom is -0.338 e. The number of amides is 2. The second-order valence-electron chi connectivity index (χ2n) is 7.69. The molecule has 30 heavy (non-hydrogen) atoms. The predicted octanol–water partition coefficient (Wildman–Crippen LogP) is 4.11. The van der Waals surface area contributed by atoms with E-state index in [2.05, 4.69) is 0 Å². The molecule has 4 nitrogen and oxygen atoms in total. The molecule has 4 rings (SSSR count). The molecule has 3 aromatic carbocycles. The number of benzene rings is 3. The van der Waals surface area contributed by atoms with Gasteiger partial charge in [0.05, 0.1) is 5.92 Å². The number of carbonyl (C=O) groups is 2. The maximum absolute atomic E-state index is 13.5. The van der Waals surface area contributed by atoms with E-state index in [-0.39, 0.29) is 17.7 Å². The summed E-state index contributed by atoms with van der Waals surface area (Å²) >= 11 is 0. The van der Waals surface area contributed by atoms with Gasteiger partial charge >= 0.3 is 0 Å². The van der Waals surface area contributed by atoms with E-state index in [4.69, 9.17) is 0 Å². The van der Waals surface area contributed by atoms with Gasteiger partial charge in [0.15, 0.2) is 0 Å². The Morgan fingerprint density at radius 3 is 1.67 bits per heavy atom. The van der Waals surface area contributed by atoms with E-state index >= 15 is 0 Å². The zero-order valence-corrected chi connectivity index (χ0v) is 17.2. The molecule has 0 N–H and O–H groups in total. The second-order valence-corrected chi connectivity index (χ2v) is 7.69. The van der Waals surface area contributed by atoms with E-state index in [1.807, 2.05) is 102 Å². The molecular weight excluding hydrogens is 372 g/mol. The fourth-order valence-corrected chi connectivity index (χ4v) is 4.06. The first kappa shape index (κ1) is 19.9. The Morgan fingerprint density at radius 1 is 0.667 bits per heavy atom. The summed E-state index contributed by atoms with van der Waals surface area (Å²) in [6, 6.07) is 27.5. The number of hydrogen-bond donors (Lipinski definition) is 0. The molecule has 1 aliphatic heterocycles. The van der Waals surface area contributed by atoms with Crippen LogP contribution >= 0.6 is 0 Å². The molecule has 0 aromatic heterocycles. The van der Waals surface area contributed by atoms with Crippen LogP contribution in [0.2, 0.25) is 0 Å². The summed E-state index contributed by atoms with van der Waals surface area (Å²) < 4.78 is 0. The van der Waals surface area contributed by atoms with Crippen molar-refractivity contribution in [3.63, 3.8) is 0 Å². The molecule has 0 saturated carbocycles. The molecule has 0 aliphatic carbocycles. The van der Waals surface area contributed by atoms with E-state index in [0.29, 0.717) is 26.2 Å². The van der Waals surface area contributed by atoms with Crippen molar-refractivity contribution in [1.29, 1.82) is 0 Å². The summed E-state index contributed by atoms with van der Waals surface area (Å²) in [6.45, 7) is 4.15. The zero-order chi connectivity index (χ0) is 20.9. The molecular formula is C26H26N2O2. The molecule has 3 aromatic rings. The molecule has 0 bridgehead atoms. The summed E-state index contributed by atoms with van der Waals surface area (Å²) in [6.07, 6.45) is 0. The van der Waals surface area contributed by atoms with Gasteiger partial charge < -0.3 is 9.80 Å². The molecule has 1 saturated heterocycles. The van der Waals surface area contributed by atoms with Gasteiger partial charge in [0.25, 0.3) is 5.91 Å². The smallest absolute Gasteiger partial charge is 0.254 e. The van der Waals surface area contributed by atoms with Crippen LogP contribution in [0, 0.1) is 6.92 Å². The van der Waals surface area contributed by atoms with Crippen LogP contribution in [0.1, 0.15) is 33.0 Å². The first-order valence-corrected chi connectivity index (χ1v) is 10.4. The highest BCUT2D eigenvalue weighted by Crippen LogP contribution is 2.27. The van der Waals surface area contributed by atoms with Gasteiger partial charge in [0.1, 0.15) is 0 Å². The molecule has 1 heterocycles. The summed E-state index contributed by atoms with van der Waals surface area (Å²) in [4.78, 5) is 30.2. The number of carbonyl (C=O) groups excluding carboxylic acids is 2. The number of rotatable bonds is 4. The number of aryl methyl sites for hydroxylation is 1. The van der Waals surface area contributed by atoms with Crippen molar-refractivity contribution in [2.24, 2.45) is 0 Å². The highest BCUT2D eigenvalue weighted by molar-refractivity contribution is 5.96. The van der Waals surface area contributed by atoms with Crippen LogP contribution in [0.25, 0.3) is 0 Å². The highest BCUT2D eigenvalue weighted by atomic mass is 16.2. The summed E-state index contributed by atoms with van der Waals surface area (Å²) in [5, 5.41) is 0. The maximum Gasteiger partial charge on any atom is 0.254 e. The third-order valence-electron chi connectivity index (χ3n) is 5.77. The van der Waals surface area contributed by atoms with E-state index < -0.39 is 0 Å². The lowest BCUT2D eigenvalue weighted by Crippen LogP contribution is -2.51. The average Bonchev–Trinajstić information content (AvgIpc) is 2.81. The minimum absolute atomic E-state index is 0.0443. The molecule has 2 amide bonds. The molecule has 152 valence electrons. The van der Waals surface area contributed by atoms with Gasteiger partial charge in [0.2, 0.25) is 5.91 Å². The van der Waals surface area contributed by atoms with Crippen molar-refractivity contribution in [1.82, 2.24) is 9.80 Å². The third-order valence-corrected chi connectivity index (χ3v) is 5.77. The molecule has 1 aliphatic rings. The van der Waals surface area contributed by atoms with Gasteiger partial charge in [-0.2, -0.15) is 0 Å². The quantitative estimate of drug-likeness (QED) is 0.664. The largest absolute Gasteiger partial charge is 0.338 e.